The summed E-state index contributed by atoms with van der Waals surface area (Å²) >= 11 is 0. The third-order valence-electron chi connectivity index (χ3n) is 5.01. The highest BCUT2D eigenvalue weighted by Gasteiger charge is 2.24. The second-order valence-corrected chi connectivity index (χ2v) is 7.07. The summed E-state index contributed by atoms with van der Waals surface area (Å²) in [6.07, 6.45) is 9.63. The summed E-state index contributed by atoms with van der Waals surface area (Å²) < 4.78 is 6.00. The molecule has 2 rings (SSSR count). The summed E-state index contributed by atoms with van der Waals surface area (Å²) in [4.78, 5) is 9.10. The maximum atomic E-state index is 6.00. The summed E-state index contributed by atoms with van der Waals surface area (Å²) in [7, 11) is 0. The van der Waals surface area contributed by atoms with Crippen LogP contribution in [0.5, 0.6) is 0 Å². The number of aryl methyl sites for hydroxylation is 1. The summed E-state index contributed by atoms with van der Waals surface area (Å²) in [6, 6.07) is 4.20. The van der Waals surface area contributed by atoms with Crippen LogP contribution < -0.4 is 10.6 Å². The lowest BCUT2D eigenvalue weighted by Gasteiger charge is -2.22. The van der Waals surface area contributed by atoms with Gasteiger partial charge in [-0.2, -0.15) is 0 Å². The van der Waals surface area contributed by atoms with E-state index in [1.54, 1.807) is 0 Å². The van der Waals surface area contributed by atoms with Crippen LogP contribution >= 0.6 is 0 Å². The molecule has 0 amide bonds. The van der Waals surface area contributed by atoms with Crippen molar-refractivity contribution < 1.29 is 4.74 Å². The summed E-state index contributed by atoms with van der Waals surface area (Å²) in [6.45, 7) is 9.54. The van der Waals surface area contributed by atoms with Crippen LogP contribution in [0.4, 0.5) is 0 Å². The number of nitrogens with zero attached hydrogens (tertiary/aromatic N) is 2. The van der Waals surface area contributed by atoms with E-state index in [0.29, 0.717) is 6.10 Å². The fourth-order valence-corrected chi connectivity index (χ4v) is 3.62. The fourth-order valence-electron chi connectivity index (χ4n) is 3.62. The molecule has 1 atom stereocenters. The minimum Gasteiger partial charge on any atom is -0.378 e. The van der Waals surface area contributed by atoms with Crippen molar-refractivity contribution in [2.45, 2.75) is 65.4 Å². The molecule has 0 aliphatic heterocycles. The smallest absolute Gasteiger partial charge is 0.191 e. The number of hydrogen-bond acceptors (Lipinski definition) is 3. The summed E-state index contributed by atoms with van der Waals surface area (Å²) in [5.41, 5.74) is 2.30. The van der Waals surface area contributed by atoms with Crippen LogP contribution in [-0.4, -0.2) is 43.3 Å². The molecule has 1 aliphatic rings. The zero-order valence-corrected chi connectivity index (χ0v) is 16.8. The number of hydrogen-bond donors (Lipinski definition) is 2. The van der Waals surface area contributed by atoms with Crippen molar-refractivity contribution in [2.24, 2.45) is 10.9 Å². The van der Waals surface area contributed by atoms with E-state index in [-0.39, 0.29) is 0 Å². The molecule has 2 N–H and O–H groups in total. The average Bonchev–Trinajstić information content (AvgIpc) is 3.17. The van der Waals surface area contributed by atoms with Crippen LogP contribution in [0.3, 0.4) is 0 Å². The normalized spacial score (nSPS) is 16.7. The molecule has 0 saturated heterocycles. The largest absolute Gasteiger partial charge is 0.378 e. The highest BCUT2D eigenvalue weighted by Crippen LogP contribution is 2.30. The number of aliphatic imine (C=N–C) groups is 1. The van der Waals surface area contributed by atoms with Crippen molar-refractivity contribution in [1.29, 1.82) is 0 Å². The molecular weight excluding hydrogens is 324 g/mol. The van der Waals surface area contributed by atoms with Crippen molar-refractivity contribution in [3.63, 3.8) is 0 Å². The van der Waals surface area contributed by atoms with Gasteiger partial charge in [-0.3, -0.25) is 9.98 Å². The van der Waals surface area contributed by atoms with E-state index < -0.39 is 0 Å². The number of rotatable bonds is 10. The zero-order chi connectivity index (χ0) is 18.6. The maximum Gasteiger partial charge on any atom is 0.191 e. The van der Waals surface area contributed by atoms with E-state index in [2.05, 4.69) is 41.6 Å². The van der Waals surface area contributed by atoms with E-state index in [0.717, 1.165) is 56.7 Å². The topological polar surface area (TPSA) is 58.5 Å². The Balaban J connectivity index is 1.77. The van der Waals surface area contributed by atoms with Crippen molar-refractivity contribution in [1.82, 2.24) is 15.6 Å². The van der Waals surface area contributed by atoms with Gasteiger partial charge < -0.3 is 15.4 Å². The molecule has 0 radical (unpaired) electrons. The molecule has 1 aromatic rings. The Labute approximate surface area is 159 Å². The minimum atomic E-state index is 0.368. The third-order valence-corrected chi connectivity index (χ3v) is 5.01. The van der Waals surface area contributed by atoms with Gasteiger partial charge in [0.05, 0.1) is 6.10 Å². The van der Waals surface area contributed by atoms with Crippen molar-refractivity contribution in [3.05, 3.63) is 29.6 Å². The van der Waals surface area contributed by atoms with E-state index in [4.69, 9.17) is 9.73 Å². The molecule has 0 bridgehead atoms. The highest BCUT2D eigenvalue weighted by molar-refractivity contribution is 5.79. The molecule has 1 aliphatic carbocycles. The minimum absolute atomic E-state index is 0.368. The number of ether oxygens (including phenoxy) is 1. The van der Waals surface area contributed by atoms with Gasteiger partial charge in [0.15, 0.2) is 5.96 Å². The maximum absolute atomic E-state index is 6.00. The predicted octanol–water partition coefficient (Wildman–Crippen LogP) is 3.47. The first-order valence-electron chi connectivity index (χ1n) is 10.3. The van der Waals surface area contributed by atoms with E-state index in [1.165, 1.54) is 31.2 Å². The van der Waals surface area contributed by atoms with Gasteiger partial charge in [-0.05, 0) is 64.0 Å². The van der Waals surface area contributed by atoms with Gasteiger partial charge in [0.2, 0.25) is 0 Å². The lowest BCUT2D eigenvalue weighted by Crippen LogP contribution is -2.38. The van der Waals surface area contributed by atoms with Crippen molar-refractivity contribution in [3.8, 4) is 0 Å². The van der Waals surface area contributed by atoms with Crippen molar-refractivity contribution >= 4 is 5.96 Å². The van der Waals surface area contributed by atoms with Gasteiger partial charge in [0, 0.05) is 38.1 Å². The quantitative estimate of drug-likeness (QED) is 0.495. The van der Waals surface area contributed by atoms with Crippen molar-refractivity contribution in [2.75, 3.05) is 26.2 Å². The monoisotopic (exact) mass is 360 g/mol. The molecular formula is C21H36N4O. The Morgan fingerprint density at radius 3 is 2.73 bits per heavy atom. The first-order valence-corrected chi connectivity index (χ1v) is 10.3. The molecule has 1 fully saturated rings. The molecule has 1 heterocycles. The summed E-state index contributed by atoms with van der Waals surface area (Å²) in [5.74, 6) is 1.63. The Kier molecular flexibility index (Phi) is 9.46. The van der Waals surface area contributed by atoms with Crippen LogP contribution in [0.2, 0.25) is 0 Å². The molecule has 5 heteroatoms. The number of pyridine rings is 1. The second kappa shape index (κ2) is 11.9. The first kappa shape index (κ1) is 20.7. The average molecular weight is 361 g/mol. The van der Waals surface area contributed by atoms with Crippen LogP contribution in [0.15, 0.2) is 23.3 Å². The molecule has 26 heavy (non-hydrogen) atoms. The number of aromatic nitrogens is 1. The molecule has 0 spiro atoms. The highest BCUT2D eigenvalue weighted by atomic mass is 16.5. The molecule has 146 valence electrons. The van der Waals surface area contributed by atoms with Gasteiger partial charge in [0.1, 0.15) is 0 Å². The molecule has 5 nitrogen and oxygen atoms in total. The molecule has 1 saturated carbocycles. The molecule has 0 aromatic carbocycles. The zero-order valence-electron chi connectivity index (χ0n) is 16.8. The Morgan fingerprint density at radius 2 is 2.08 bits per heavy atom. The second-order valence-electron chi connectivity index (χ2n) is 7.07. The fraction of sp³-hybridized carbons (Fsp3) is 0.714. The van der Waals surface area contributed by atoms with Gasteiger partial charge in [-0.1, -0.05) is 18.9 Å². The predicted molar refractivity (Wildman–Crippen MR) is 109 cm³/mol. The lowest BCUT2D eigenvalue weighted by molar-refractivity contribution is 0.0177. The Morgan fingerprint density at radius 1 is 1.27 bits per heavy atom. The van der Waals surface area contributed by atoms with Crippen LogP contribution in [0, 0.1) is 12.8 Å². The van der Waals surface area contributed by atoms with Crippen LogP contribution in [-0.2, 0) is 11.2 Å². The van der Waals surface area contributed by atoms with Crippen LogP contribution in [0.1, 0.15) is 57.2 Å². The Hall–Kier alpha value is -1.62. The van der Waals surface area contributed by atoms with Gasteiger partial charge >= 0.3 is 0 Å². The van der Waals surface area contributed by atoms with Crippen LogP contribution in [0.25, 0.3) is 0 Å². The molecule has 1 aromatic heterocycles. The number of nitrogens with one attached hydrogen (secondary N) is 2. The van der Waals surface area contributed by atoms with Gasteiger partial charge in [-0.25, -0.2) is 0 Å². The van der Waals surface area contributed by atoms with Gasteiger partial charge in [0.25, 0.3) is 0 Å². The standard InChI is InChI=1S/C21H36N4O/c1-4-22-21(23-14-12-18-11-10-17(3)25-16-18)24-15-13-20(26-5-2)19-8-6-7-9-19/h10-11,16,19-20H,4-9,12-15H2,1-3H3,(H2,22,23,24). The Bertz CT molecular complexity index is 523. The number of guanidine groups is 1. The molecule has 1 unspecified atom stereocenters. The summed E-state index contributed by atoms with van der Waals surface area (Å²) in [5, 5.41) is 6.77. The third kappa shape index (κ3) is 7.32. The van der Waals surface area contributed by atoms with Gasteiger partial charge in [-0.15, -0.1) is 0 Å². The van der Waals surface area contributed by atoms with E-state index in [9.17, 15) is 0 Å². The van der Waals surface area contributed by atoms with E-state index >= 15 is 0 Å². The SMILES string of the molecule is CCNC(=NCCC(OCC)C1CCCC1)NCCc1ccc(C)nc1. The lowest BCUT2D eigenvalue weighted by atomic mass is 9.98. The first-order chi connectivity index (χ1) is 12.7. The van der Waals surface area contributed by atoms with E-state index in [1.807, 2.05) is 13.1 Å².